The van der Waals surface area contributed by atoms with Crippen molar-refractivity contribution in [1.82, 2.24) is 9.13 Å². The van der Waals surface area contributed by atoms with Crippen molar-refractivity contribution in [2.75, 3.05) is 10.6 Å². The largest absolute Gasteiger partial charge is 0.351 e. The fraction of sp³-hybridized carbons (Fsp3) is 0.167. The highest BCUT2D eigenvalue weighted by atomic mass is 16.2. The molecule has 8 nitrogen and oxygen atoms in total. The maximum absolute atomic E-state index is 12.5. The van der Waals surface area contributed by atoms with Gasteiger partial charge in [-0.3, -0.25) is 13.9 Å². The lowest BCUT2D eigenvalue weighted by Gasteiger charge is -2.07. The summed E-state index contributed by atoms with van der Waals surface area (Å²) in [5.74, 6) is -0.318. The molecular formula is C18H19N5O3. The molecule has 0 saturated heterocycles. The monoisotopic (exact) mass is 353 g/mol. The summed E-state index contributed by atoms with van der Waals surface area (Å²) in [6, 6.07) is 13.2. The number of fused-ring (bicyclic) bond motifs is 1. The van der Waals surface area contributed by atoms with Gasteiger partial charge < -0.3 is 16.4 Å². The molecule has 0 aliphatic heterocycles. The average Bonchev–Trinajstić information content (AvgIpc) is 2.88. The Morgan fingerprint density at radius 1 is 0.923 bits per heavy atom. The van der Waals surface area contributed by atoms with E-state index in [2.05, 4.69) is 10.6 Å². The quantitative estimate of drug-likeness (QED) is 0.652. The van der Waals surface area contributed by atoms with Crippen molar-refractivity contribution >= 4 is 34.3 Å². The standard InChI is InChI=1S/C18H19N5O3/c1-2-22-14-5-3-4-6-15(14)23(18(22)26)11-16(24)20-12-7-9-13(10-8-12)21-17(19)25/h3-10H,2,11H2,1H3,(H,20,24)(H3,19,21,25). The number of nitrogens with one attached hydrogen (secondary N) is 2. The van der Waals surface area contributed by atoms with E-state index in [-0.39, 0.29) is 18.1 Å². The van der Waals surface area contributed by atoms with E-state index in [1.54, 1.807) is 28.8 Å². The number of nitrogens with zero attached hydrogens (tertiary/aromatic N) is 2. The van der Waals surface area contributed by atoms with Crippen LogP contribution in [0.4, 0.5) is 16.2 Å². The molecule has 26 heavy (non-hydrogen) atoms. The molecule has 0 unspecified atom stereocenters. The van der Waals surface area contributed by atoms with Crippen molar-refractivity contribution < 1.29 is 9.59 Å². The molecule has 1 heterocycles. The highest BCUT2D eigenvalue weighted by Crippen LogP contribution is 2.15. The molecule has 8 heteroatoms. The van der Waals surface area contributed by atoms with Gasteiger partial charge in [0.15, 0.2) is 0 Å². The molecule has 3 rings (SSSR count). The number of carbonyl (C=O) groups excluding carboxylic acids is 2. The number of anilines is 2. The number of primary amides is 1. The number of para-hydroxylation sites is 2. The van der Waals surface area contributed by atoms with Crippen LogP contribution in [0.25, 0.3) is 11.0 Å². The van der Waals surface area contributed by atoms with Crippen molar-refractivity contribution in [3.63, 3.8) is 0 Å². The maximum Gasteiger partial charge on any atom is 0.329 e. The number of nitrogens with two attached hydrogens (primary N) is 1. The summed E-state index contributed by atoms with van der Waals surface area (Å²) in [6.45, 7) is 2.33. The molecule has 2 aromatic carbocycles. The first kappa shape index (κ1) is 17.3. The molecule has 3 amide bonds. The molecular weight excluding hydrogens is 334 g/mol. The van der Waals surface area contributed by atoms with Crippen LogP contribution in [-0.2, 0) is 17.9 Å². The van der Waals surface area contributed by atoms with Gasteiger partial charge in [0.05, 0.1) is 11.0 Å². The minimum atomic E-state index is -0.659. The van der Waals surface area contributed by atoms with Crippen LogP contribution in [0, 0.1) is 0 Å². The first-order chi connectivity index (χ1) is 12.5. The molecule has 0 atom stereocenters. The molecule has 0 aliphatic rings. The van der Waals surface area contributed by atoms with Crippen LogP contribution in [0.5, 0.6) is 0 Å². The van der Waals surface area contributed by atoms with Crippen molar-refractivity contribution in [3.05, 3.63) is 59.0 Å². The predicted molar refractivity (Wildman–Crippen MR) is 100 cm³/mol. The molecule has 0 radical (unpaired) electrons. The smallest absolute Gasteiger partial charge is 0.329 e. The van der Waals surface area contributed by atoms with Gasteiger partial charge in [0.25, 0.3) is 0 Å². The van der Waals surface area contributed by atoms with Crippen LogP contribution < -0.4 is 22.1 Å². The summed E-state index contributed by atoms with van der Waals surface area (Å²) in [7, 11) is 0. The van der Waals surface area contributed by atoms with Gasteiger partial charge in [-0.25, -0.2) is 9.59 Å². The molecule has 134 valence electrons. The van der Waals surface area contributed by atoms with Gasteiger partial charge in [0.1, 0.15) is 6.54 Å². The summed E-state index contributed by atoms with van der Waals surface area (Å²) in [6.07, 6.45) is 0. The van der Waals surface area contributed by atoms with Crippen LogP contribution >= 0.6 is 0 Å². The number of hydrogen-bond acceptors (Lipinski definition) is 3. The van der Waals surface area contributed by atoms with Crippen molar-refractivity contribution in [3.8, 4) is 0 Å². The number of carbonyl (C=O) groups is 2. The van der Waals surface area contributed by atoms with Gasteiger partial charge in [-0.15, -0.1) is 0 Å². The van der Waals surface area contributed by atoms with E-state index >= 15 is 0 Å². The number of aryl methyl sites for hydroxylation is 1. The normalized spacial score (nSPS) is 10.7. The number of aromatic nitrogens is 2. The lowest BCUT2D eigenvalue weighted by atomic mass is 10.2. The minimum absolute atomic E-state index is 0.0896. The van der Waals surface area contributed by atoms with Gasteiger partial charge >= 0.3 is 11.7 Å². The second-order valence-electron chi connectivity index (χ2n) is 5.72. The number of urea groups is 1. The summed E-state index contributed by atoms with van der Waals surface area (Å²) in [5, 5.41) is 5.18. The third-order valence-electron chi connectivity index (χ3n) is 3.98. The number of hydrogen-bond donors (Lipinski definition) is 3. The first-order valence-corrected chi connectivity index (χ1v) is 8.14. The summed E-state index contributed by atoms with van der Waals surface area (Å²) >= 11 is 0. The Bertz CT molecular complexity index is 1020. The SMILES string of the molecule is CCn1c(=O)n(CC(=O)Nc2ccc(NC(N)=O)cc2)c2ccccc21. The average molecular weight is 353 g/mol. The highest BCUT2D eigenvalue weighted by Gasteiger charge is 2.14. The second kappa shape index (κ2) is 7.14. The Balaban J connectivity index is 1.78. The number of rotatable bonds is 5. The van der Waals surface area contributed by atoms with Gasteiger partial charge in [-0.2, -0.15) is 0 Å². The Morgan fingerprint density at radius 2 is 1.46 bits per heavy atom. The lowest BCUT2D eigenvalue weighted by molar-refractivity contribution is -0.116. The van der Waals surface area contributed by atoms with Gasteiger partial charge in [0.2, 0.25) is 5.91 Å². The van der Waals surface area contributed by atoms with E-state index < -0.39 is 6.03 Å². The number of imidazole rings is 1. The zero-order valence-corrected chi connectivity index (χ0v) is 14.2. The molecule has 1 aromatic heterocycles. The highest BCUT2D eigenvalue weighted by molar-refractivity contribution is 5.92. The van der Waals surface area contributed by atoms with Crippen molar-refractivity contribution in [2.24, 2.45) is 5.73 Å². The van der Waals surface area contributed by atoms with Crippen LogP contribution in [0.1, 0.15) is 6.92 Å². The Morgan fingerprint density at radius 3 is 2.00 bits per heavy atom. The third kappa shape index (κ3) is 3.44. The molecule has 3 aromatic rings. The molecule has 0 spiro atoms. The predicted octanol–water partition coefficient (Wildman–Crippen LogP) is 1.95. The molecule has 0 fully saturated rings. The minimum Gasteiger partial charge on any atom is -0.351 e. The fourth-order valence-electron chi connectivity index (χ4n) is 2.85. The maximum atomic E-state index is 12.5. The molecule has 4 N–H and O–H groups in total. The van der Waals surface area contributed by atoms with Gasteiger partial charge in [-0.05, 0) is 43.3 Å². The van der Waals surface area contributed by atoms with E-state index in [4.69, 9.17) is 5.73 Å². The molecule has 0 aliphatic carbocycles. The van der Waals surface area contributed by atoms with Crippen molar-refractivity contribution in [2.45, 2.75) is 20.0 Å². The van der Waals surface area contributed by atoms with E-state index in [0.29, 0.717) is 17.9 Å². The number of amides is 3. The zero-order chi connectivity index (χ0) is 18.7. The molecule has 0 saturated carbocycles. The van der Waals surface area contributed by atoms with Crippen LogP contribution in [-0.4, -0.2) is 21.1 Å². The van der Waals surface area contributed by atoms with Gasteiger partial charge in [-0.1, -0.05) is 12.1 Å². The van der Waals surface area contributed by atoms with E-state index in [1.807, 2.05) is 31.2 Å². The lowest BCUT2D eigenvalue weighted by Crippen LogP contribution is -2.29. The van der Waals surface area contributed by atoms with Crippen molar-refractivity contribution in [1.29, 1.82) is 0 Å². The Labute approximate surface area is 149 Å². The fourth-order valence-corrected chi connectivity index (χ4v) is 2.85. The van der Waals surface area contributed by atoms with Crippen LogP contribution in [0.15, 0.2) is 53.3 Å². The zero-order valence-electron chi connectivity index (χ0n) is 14.2. The van der Waals surface area contributed by atoms with E-state index in [1.165, 1.54) is 4.57 Å². The summed E-state index contributed by atoms with van der Waals surface area (Å²) < 4.78 is 3.09. The molecule has 0 bridgehead atoms. The van der Waals surface area contributed by atoms with E-state index in [0.717, 1.165) is 11.0 Å². The topological polar surface area (TPSA) is 111 Å². The third-order valence-corrected chi connectivity index (χ3v) is 3.98. The summed E-state index contributed by atoms with van der Waals surface area (Å²) in [4.78, 5) is 35.7. The second-order valence-corrected chi connectivity index (χ2v) is 5.72. The van der Waals surface area contributed by atoms with Gasteiger partial charge in [0, 0.05) is 17.9 Å². The van der Waals surface area contributed by atoms with Crippen LogP contribution in [0.3, 0.4) is 0 Å². The van der Waals surface area contributed by atoms with E-state index in [9.17, 15) is 14.4 Å². The Hall–Kier alpha value is -3.55. The van der Waals surface area contributed by atoms with Crippen LogP contribution in [0.2, 0.25) is 0 Å². The first-order valence-electron chi connectivity index (χ1n) is 8.14. The Kier molecular flexibility index (Phi) is 4.74. The summed E-state index contributed by atoms with van der Waals surface area (Å²) in [5.41, 5.74) is 7.43. The number of benzene rings is 2.